The highest BCUT2D eigenvalue weighted by Gasteiger charge is 2.20. The van der Waals surface area contributed by atoms with Crippen LogP contribution in [-0.2, 0) is 4.79 Å². The molecule has 0 radical (unpaired) electrons. The number of hydrogen-bond acceptors (Lipinski definition) is 2. The van der Waals surface area contributed by atoms with Gasteiger partial charge in [0.1, 0.15) is 0 Å². The third-order valence-electron chi connectivity index (χ3n) is 4.12. The highest BCUT2D eigenvalue weighted by atomic mass is 35.5. The van der Waals surface area contributed by atoms with Gasteiger partial charge in [-0.2, -0.15) is 0 Å². The fourth-order valence-corrected chi connectivity index (χ4v) is 3.19. The van der Waals surface area contributed by atoms with Gasteiger partial charge >= 0.3 is 0 Å². The molecule has 6 heteroatoms. The molecule has 2 N–H and O–H groups in total. The zero-order valence-electron chi connectivity index (χ0n) is 14.9. The van der Waals surface area contributed by atoms with Crippen molar-refractivity contribution in [3.8, 4) is 0 Å². The molecular weight excluding hydrogens is 395 g/mol. The van der Waals surface area contributed by atoms with Gasteiger partial charge in [-0.25, -0.2) is 0 Å². The van der Waals surface area contributed by atoms with E-state index >= 15 is 0 Å². The predicted molar refractivity (Wildman–Crippen MR) is 113 cm³/mol. The maximum Gasteiger partial charge on any atom is 0.253 e. The molecule has 0 heterocycles. The van der Waals surface area contributed by atoms with Gasteiger partial charge in [-0.1, -0.05) is 71.7 Å². The van der Waals surface area contributed by atoms with Crippen LogP contribution in [0.4, 0.5) is 5.69 Å². The lowest BCUT2D eigenvalue weighted by Crippen LogP contribution is -2.31. The van der Waals surface area contributed by atoms with Gasteiger partial charge in [0.15, 0.2) is 0 Å². The Morgan fingerprint density at radius 3 is 2.29 bits per heavy atom. The van der Waals surface area contributed by atoms with E-state index in [1.54, 1.807) is 48.5 Å². The van der Waals surface area contributed by atoms with Gasteiger partial charge in [0.2, 0.25) is 5.91 Å². The van der Waals surface area contributed by atoms with Crippen molar-refractivity contribution in [2.45, 2.75) is 12.5 Å². The van der Waals surface area contributed by atoms with Crippen molar-refractivity contribution in [3.63, 3.8) is 0 Å². The van der Waals surface area contributed by atoms with Crippen molar-refractivity contribution in [3.05, 3.63) is 100 Å². The molecular formula is C22H18Cl2N2O2. The summed E-state index contributed by atoms with van der Waals surface area (Å²) >= 11 is 12.1. The number of anilines is 1. The highest BCUT2D eigenvalue weighted by Crippen LogP contribution is 2.22. The molecule has 0 unspecified atom stereocenters. The maximum absolute atomic E-state index is 12.7. The number of carbonyl (C=O) groups is 2. The highest BCUT2D eigenvalue weighted by molar-refractivity contribution is 6.33. The summed E-state index contributed by atoms with van der Waals surface area (Å²) in [7, 11) is 0. The van der Waals surface area contributed by atoms with Crippen LogP contribution in [0.3, 0.4) is 0 Å². The summed E-state index contributed by atoms with van der Waals surface area (Å²) in [5.74, 6) is -0.578. The lowest BCUT2D eigenvalue weighted by atomic mass is 10.0. The Morgan fingerprint density at radius 1 is 0.857 bits per heavy atom. The number of halogens is 2. The van der Waals surface area contributed by atoms with E-state index in [-0.39, 0.29) is 18.2 Å². The molecule has 1 atom stereocenters. The van der Waals surface area contributed by atoms with E-state index in [9.17, 15) is 9.59 Å². The summed E-state index contributed by atoms with van der Waals surface area (Å²) in [6.07, 6.45) is 0.0622. The lowest BCUT2D eigenvalue weighted by Gasteiger charge is -2.19. The second kappa shape index (κ2) is 9.40. The van der Waals surface area contributed by atoms with Crippen LogP contribution in [0.5, 0.6) is 0 Å². The molecule has 0 spiro atoms. The Morgan fingerprint density at radius 2 is 1.57 bits per heavy atom. The minimum atomic E-state index is -0.510. The molecule has 28 heavy (non-hydrogen) atoms. The van der Waals surface area contributed by atoms with Gasteiger partial charge in [-0.3, -0.25) is 9.59 Å². The molecule has 0 saturated heterocycles. The Kier molecular flexibility index (Phi) is 6.69. The van der Waals surface area contributed by atoms with Crippen molar-refractivity contribution < 1.29 is 9.59 Å². The van der Waals surface area contributed by atoms with Crippen LogP contribution in [-0.4, -0.2) is 11.8 Å². The van der Waals surface area contributed by atoms with E-state index in [1.807, 2.05) is 30.3 Å². The Balaban J connectivity index is 1.77. The smallest absolute Gasteiger partial charge is 0.253 e. The number of nitrogens with one attached hydrogen (secondary N) is 2. The second-order valence-corrected chi connectivity index (χ2v) is 7.02. The topological polar surface area (TPSA) is 58.2 Å². The predicted octanol–water partition coefficient (Wildman–Crippen LogP) is 5.49. The van der Waals surface area contributed by atoms with Crippen molar-refractivity contribution in [1.29, 1.82) is 0 Å². The first-order chi connectivity index (χ1) is 13.5. The average molecular weight is 413 g/mol. The Labute approximate surface area is 173 Å². The fraction of sp³-hybridized carbons (Fsp3) is 0.0909. The summed E-state index contributed by atoms with van der Waals surface area (Å²) < 4.78 is 0. The van der Waals surface area contributed by atoms with E-state index in [0.717, 1.165) is 5.56 Å². The normalized spacial score (nSPS) is 11.5. The van der Waals surface area contributed by atoms with Crippen LogP contribution in [0, 0.1) is 0 Å². The minimum absolute atomic E-state index is 0.0622. The zero-order valence-corrected chi connectivity index (χ0v) is 16.4. The largest absolute Gasteiger partial charge is 0.345 e. The zero-order chi connectivity index (χ0) is 19.9. The molecule has 0 aliphatic heterocycles. The van der Waals surface area contributed by atoms with Gasteiger partial charge in [0.05, 0.1) is 23.0 Å². The molecule has 0 fully saturated rings. The first-order valence-electron chi connectivity index (χ1n) is 8.68. The molecule has 142 valence electrons. The van der Waals surface area contributed by atoms with Crippen LogP contribution in [0.1, 0.15) is 28.4 Å². The first-order valence-corrected chi connectivity index (χ1v) is 9.44. The molecule has 2 amide bonds. The van der Waals surface area contributed by atoms with Crippen LogP contribution in [0.2, 0.25) is 10.0 Å². The standard InChI is InChI=1S/C22H18Cl2N2O2/c23-16-9-6-10-17(13-16)25-21(27)14-20(15-7-2-1-3-8-15)26-22(28)18-11-4-5-12-19(18)24/h1-13,20H,14H2,(H,25,27)(H,26,28)/t20-/m1/s1. The van der Waals surface area contributed by atoms with Crippen molar-refractivity contribution in [1.82, 2.24) is 5.32 Å². The molecule has 0 aromatic heterocycles. The van der Waals surface area contributed by atoms with Gasteiger partial charge in [0, 0.05) is 10.7 Å². The molecule has 4 nitrogen and oxygen atoms in total. The number of benzene rings is 3. The summed E-state index contributed by atoms with van der Waals surface area (Å²) in [5, 5.41) is 6.60. The van der Waals surface area contributed by atoms with Gasteiger partial charge in [0.25, 0.3) is 5.91 Å². The molecule has 0 saturated carbocycles. The summed E-state index contributed by atoms with van der Waals surface area (Å²) in [6, 6.07) is 22.5. The van der Waals surface area contributed by atoms with E-state index in [1.165, 1.54) is 0 Å². The molecule has 0 aliphatic rings. The summed E-state index contributed by atoms with van der Waals surface area (Å²) in [5.41, 5.74) is 1.78. The summed E-state index contributed by atoms with van der Waals surface area (Å²) in [6.45, 7) is 0. The molecule has 3 aromatic rings. The first kappa shape index (κ1) is 19.9. The molecule has 0 aliphatic carbocycles. The molecule has 3 rings (SSSR count). The van der Waals surface area contributed by atoms with Crippen molar-refractivity contribution in [2.75, 3.05) is 5.32 Å². The third kappa shape index (κ3) is 5.35. The van der Waals surface area contributed by atoms with Crippen LogP contribution >= 0.6 is 23.2 Å². The second-order valence-electron chi connectivity index (χ2n) is 6.18. The molecule has 3 aromatic carbocycles. The summed E-state index contributed by atoms with van der Waals surface area (Å²) in [4.78, 5) is 25.2. The average Bonchev–Trinajstić information content (AvgIpc) is 2.68. The number of hydrogen-bond donors (Lipinski definition) is 2. The quantitative estimate of drug-likeness (QED) is 0.561. The minimum Gasteiger partial charge on any atom is -0.345 e. The number of amides is 2. The number of carbonyl (C=O) groups excluding carboxylic acids is 2. The molecule has 0 bridgehead atoms. The fourth-order valence-electron chi connectivity index (χ4n) is 2.78. The number of rotatable bonds is 6. The maximum atomic E-state index is 12.7. The van der Waals surface area contributed by atoms with E-state index in [4.69, 9.17) is 23.2 Å². The van der Waals surface area contributed by atoms with Crippen LogP contribution < -0.4 is 10.6 Å². The van der Waals surface area contributed by atoms with Gasteiger partial charge in [-0.05, 0) is 35.9 Å². The Bertz CT molecular complexity index is 977. The lowest BCUT2D eigenvalue weighted by molar-refractivity contribution is -0.116. The van der Waals surface area contributed by atoms with Crippen LogP contribution in [0.25, 0.3) is 0 Å². The van der Waals surface area contributed by atoms with E-state index < -0.39 is 6.04 Å². The van der Waals surface area contributed by atoms with Crippen molar-refractivity contribution in [2.24, 2.45) is 0 Å². The van der Waals surface area contributed by atoms with Crippen LogP contribution in [0.15, 0.2) is 78.9 Å². The van der Waals surface area contributed by atoms with Gasteiger partial charge < -0.3 is 10.6 Å². The van der Waals surface area contributed by atoms with Gasteiger partial charge in [-0.15, -0.1) is 0 Å². The monoisotopic (exact) mass is 412 g/mol. The third-order valence-corrected chi connectivity index (χ3v) is 4.69. The van der Waals surface area contributed by atoms with E-state index in [2.05, 4.69) is 10.6 Å². The van der Waals surface area contributed by atoms with Crippen molar-refractivity contribution >= 4 is 40.7 Å². The SMILES string of the molecule is O=C(C[C@@H](NC(=O)c1ccccc1Cl)c1ccccc1)Nc1cccc(Cl)c1. The Hall–Kier alpha value is -2.82. The van der Waals surface area contributed by atoms with E-state index in [0.29, 0.717) is 21.3 Å².